The van der Waals surface area contributed by atoms with Crippen LogP contribution in [0, 0.1) is 0 Å². The molecule has 1 amide bonds. The van der Waals surface area contributed by atoms with Crippen LogP contribution in [0.25, 0.3) is 0 Å². The van der Waals surface area contributed by atoms with Gasteiger partial charge in [-0.05, 0) is 24.6 Å². The van der Waals surface area contributed by atoms with Gasteiger partial charge in [0.25, 0.3) is 5.91 Å². The monoisotopic (exact) mass is 315 g/mol. The number of amides is 1. The minimum Gasteiger partial charge on any atom is -0.496 e. The Labute approximate surface area is 125 Å². The van der Waals surface area contributed by atoms with Crippen LogP contribution in [-0.4, -0.2) is 41.2 Å². The number of hydrogen-bond donors (Lipinski definition) is 3. The maximum absolute atomic E-state index is 12.1. The summed E-state index contributed by atoms with van der Waals surface area (Å²) in [6.07, 6.45) is -0.594. The Morgan fingerprint density at radius 3 is 2.52 bits per heavy atom. The number of rotatable bonds is 7. The molecule has 1 rings (SSSR count). The predicted octanol–water partition coefficient (Wildman–Crippen LogP) is 1.40. The van der Waals surface area contributed by atoms with Gasteiger partial charge in [0.1, 0.15) is 11.8 Å². The lowest BCUT2D eigenvalue weighted by atomic mass is 10.1. The lowest BCUT2D eigenvalue weighted by Crippen LogP contribution is -2.41. The maximum Gasteiger partial charge on any atom is 0.326 e. The van der Waals surface area contributed by atoms with Crippen molar-refractivity contribution >= 4 is 29.4 Å². The molecular formula is C13H14ClNO6. The summed E-state index contributed by atoms with van der Waals surface area (Å²) >= 11 is 5.79. The van der Waals surface area contributed by atoms with E-state index in [2.05, 4.69) is 5.32 Å². The summed E-state index contributed by atoms with van der Waals surface area (Å²) in [5, 5.41) is 20.1. The molecule has 0 aliphatic rings. The Bertz CT molecular complexity index is 560. The van der Waals surface area contributed by atoms with Gasteiger partial charge in [0.2, 0.25) is 0 Å². The molecule has 0 aliphatic carbocycles. The fourth-order valence-electron chi connectivity index (χ4n) is 1.62. The molecule has 21 heavy (non-hydrogen) atoms. The molecule has 0 heterocycles. The first-order valence-corrected chi connectivity index (χ1v) is 6.32. The fourth-order valence-corrected chi connectivity index (χ4v) is 1.79. The van der Waals surface area contributed by atoms with E-state index in [9.17, 15) is 14.4 Å². The number of methoxy groups -OCH3 is 1. The molecule has 1 atom stereocenters. The van der Waals surface area contributed by atoms with E-state index in [0.717, 1.165) is 0 Å². The van der Waals surface area contributed by atoms with Crippen LogP contribution in [0.2, 0.25) is 5.02 Å². The second kappa shape index (κ2) is 7.49. The molecule has 0 bridgehead atoms. The Kier molecular flexibility index (Phi) is 5.98. The minimum atomic E-state index is -1.31. The van der Waals surface area contributed by atoms with Crippen LogP contribution < -0.4 is 10.1 Å². The number of halogens is 1. The van der Waals surface area contributed by atoms with Gasteiger partial charge in [-0.1, -0.05) is 11.6 Å². The Balaban J connectivity index is 2.89. The molecule has 1 aromatic carbocycles. The summed E-state index contributed by atoms with van der Waals surface area (Å²) in [5.74, 6) is -2.92. The highest BCUT2D eigenvalue weighted by atomic mass is 35.5. The van der Waals surface area contributed by atoms with Crippen LogP contribution in [0.15, 0.2) is 18.2 Å². The van der Waals surface area contributed by atoms with E-state index in [-0.39, 0.29) is 24.2 Å². The van der Waals surface area contributed by atoms with Crippen LogP contribution in [0.3, 0.4) is 0 Å². The van der Waals surface area contributed by atoms with Crippen LogP contribution in [-0.2, 0) is 9.59 Å². The average Bonchev–Trinajstić information content (AvgIpc) is 2.42. The first kappa shape index (κ1) is 16.8. The van der Waals surface area contributed by atoms with Crippen molar-refractivity contribution in [3.05, 3.63) is 28.8 Å². The van der Waals surface area contributed by atoms with Crippen molar-refractivity contribution in [2.75, 3.05) is 7.11 Å². The zero-order valence-electron chi connectivity index (χ0n) is 11.1. The summed E-state index contributed by atoms with van der Waals surface area (Å²) in [7, 11) is 1.36. The molecule has 3 N–H and O–H groups in total. The Morgan fingerprint density at radius 1 is 1.33 bits per heavy atom. The van der Waals surface area contributed by atoms with Gasteiger partial charge < -0.3 is 20.3 Å². The van der Waals surface area contributed by atoms with Crippen molar-refractivity contribution in [3.63, 3.8) is 0 Å². The molecule has 0 unspecified atom stereocenters. The number of carbonyl (C=O) groups excluding carboxylic acids is 1. The summed E-state index contributed by atoms with van der Waals surface area (Å²) < 4.78 is 5.00. The van der Waals surface area contributed by atoms with Gasteiger partial charge in [0, 0.05) is 11.4 Å². The third-order valence-corrected chi connectivity index (χ3v) is 2.89. The van der Waals surface area contributed by atoms with E-state index in [1.54, 1.807) is 0 Å². The second-order valence-electron chi connectivity index (χ2n) is 4.14. The van der Waals surface area contributed by atoms with E-state index in [4.69, 9.17) is 26.6 Å². The molecular weight excluding hydrogens is 302 g/mol. The number of carboxylic acids is 2. The summed E-state index contributed by atoms with van der Waals surface area (Å²) in [6, 6.07) is 3.03. The third kappa shape index (κ3) is 4.96. The topological polar surface area (TPSA) is 113 Å². The number of hydrogen-bond acceptors (Lipinski definition) is 4. The Morgan fingerprint density at radius 2 is 2.00 bits per heavy atom. The molecule has 0 aromatic heterocycles. The van der Waals surface area contributed by atoms with Crippen LogP contribution in [0.4, 0.5) is 0 Å². The van der Waals surface area contributed by atoms with Gasteiger partial charge in [-0.3, -0.25) is 9.59 Å². The number of carbonyl (C=O) groups is 3. The van der Waals surface area contributed by atoms with Gasteiger partial charge >= 0.3 is 11.9 Å². The van der Waals surface area contributed by atoms with Crippen LogP contribution >= 0.6 is 11.6 Å². The van der Waals surface area contributed by atoms with Gasteiger partial charge in [0.15, 0.2) is 0 Å². The number of aliphatic carboxylic acids is 2. The number of carboxylic acid groups (broad SMARTS) is 2. The molecule has 0 radical (unpaired) electrons. The SMILES string of the molecule is COc1ccc(Cl)cc1C(=O)N[C@@H](CCC(=O)O)C(=O)O. The number of benzene rings is 1. The summed E-state index contributed by atoms with van der Waals surface area (Å²) in [4.78, 5) is 33.6. The molecule has 0 saturated carbocycles. The molecule has 8 heteroatoms. The second-order valence-corrected chi connectivity index (χ2v) is 4.58. The predicted molar refractivity (Wildman–Crippen MR) is 73.8 cm³/mol. The van der Waals surface area contributed by atoms with Crippen molar-refractivity contribution in [1.29, 1.82) is 0 Å². The lowest BCUT2D eigenvalue weighted by molar-refractivity contribution is -0.140. The minimum absolute atomic E-state index is 0.0755. The van der Waals surface area contributed by atoms with Gasteiger partial charge in [-0.25, -0.2) is 4.79 Å². The van der Waals surface area contributed by atoms with Crippen molar-refractivity contribution in [1.82, 2.24) is 5.32 Å². The van der Waals surface area contributed by atoms with Gasteiger partial charge in [-0.15, -0.1) is 0 Å². The molecule has 7 nitrogen and oxygen atoms in total. The zero-order valence-corrected chi connectivity index (χ0v) is 11.9. The highest BCUT2D eigenvalue weighted by Gasteiger charge is 2.23. The summed E-state index contributed by atoms with van der Waals surface area (Å²) in [5.41, 5.74) is 0.0755. The summed E-state index contributed by atoms with van der Waals surface area (Å²) in [6.45, 7) is 0. The van der Waals surface area contributed by atoms with Crippen molar-refractivity contribution < 1.29 is 29.3 Å². The maximum atomic E-state index is 12.1. The zero-order chi connectivity index (χ0) is 16.0. The molecule has 0 spiro atoms. The van der Waals surface area contributed by atoms with E-state index >= 15 is 0 Å². The molecule has 0 fully saturated rings. The molecule has 0 saturated heterocycles. The van der Waals surface area contributed by atoms with Gasteiger partial charge in [-0.2, -0.15) is 0 Å². The first-order valence-electron chi connectivity index (χ1n) is 5.94. The average molecular weight is 316 g/mol. The molecule has 1 aromatic rings. The largest absolute Gasteiger partial charge is 0.496 e. The third-order valence-electron chi connectivity index (χ3n) is 2.66. The quantitative estimate of drug-likeness (QED) is 0.701. The van der Waals surface area contributed by atoms with E-state index in [0.29, 0.717) is 5.02 Å². The molecule has 114 valence electrons. The standard InChI is InChI=1S/C13H14ClNO6/c1-21-10-4-2-7(14)6-8(10)12(18)15-9(13(19)20)3-5-11(16)17/h2,4,6,9H,3,5H2,1H3,(H,15,18)(H,16,17)(H,19,20)/t9-/m0/s1. The van der Waals surface area contributed by atoms with Crippen LogP contribution in [0.5, 0.6) is 5.75 Å². The molecule has 0 aliphatic heterocycles. The fraction of sp³-hybridized carbons (Fsp3) is 0.308. The first-order chi connectivity index (χ1) is 9.85. The lowest BCUT2D eigenvalue weighted by Gasteiger charge is -2.15. The van der Waals surface area contributed by atoms with E-state index in [1.165, 1.54) is 25.3 Å². The highest BCUT2D eigenvalue weighted by molar-refractivity contribution is 6.31. The number of ether oxygens (including phenoxy) is 1. The Hall–Kier alpha value is -2.28. The van der Waals surface area contributed by atoms with Gasteiger partial charge in [0.05, 0.1) is 12.7 Å². The van der Waals surface area contributed by atoms with Crippen molar-refractivity contribution in [2.45, 2.75) is 18.9 Å². The van der Waals surface area contributed by atoms with Crippen molar-refractivity contribution in [2.24, 2.45) is 0 Å². The van der Waals surface area contributed by atoms with E-state index < -0.39 is 23.9 Å². The normalized spacial score (nSPS) is 11.5. The van der Waals surface area contributed by atoms with Crippen molar-refractivity contribution in [3.8, 4) is 5.75 Å². The van der Waals surface area contributed by atoms with E-state index in [1.807, 2.05) is 0 Å². The van der Waals surface area contributed by atoms with Crippen LogP contribution in [0.1, 0.15) is 23.2 Å². The smallest absolute Gasteiger partial charge is 0.326 e. The highest BCUT2D eigenvalue weighted by Crippen LogP contribution is 2.22. The number of nitrogens with one attached hydrogen (secondary N) is 1.